The lowest BCUT2D eigenvalue weighted by Crippen LogP contribution is -2.16. The summed E-state index contributed by atoms with van der Waals surface area (Å²) in [5, 5.41) is 9.76. The minimum absolute atomic E-state index is 0.0258. The molecule has 0 saturated carbocycles. The monoisotopic (exact) mass is 410 g/mol. The summed E-state index contributed by atoms with van der Waals surface area (Å²) in [5.74, 6) is 2.41. The highest BCUT2D eigenvalue weighted by atomic mass is 32.2. The van der Waals surface area contributed by atoms with E-state index in [2.05, 4.69) is 28.6 Å². The molecule has 2 aromatic heterocycles. The molecule has 0 aliphatic heterocycles. The van der Waals surface area contributed by atoms with Crippen molar-refractivity contribution < 1.29 is 0 Å². The van der Waals surface area contributed by atoms with E-state index in [1.807, 2.05) is 54.6 Å². The zero-order chi connectivity index (χ0) is 19.5. The van der Waals surface area contributed by atoms with Gasteiger partial charge in [-0.3, -0.25) is 13.9 Å². The molecule has 4 rings (SSSR count). The number of thioether (sulfide) groups is 1. The fraction of sp³-hybridized carbons (Fsp3) is 0.286. The Labute approximate surface area is 172 Å². The predicted octanol–water partition coefficient (Wildman–Crippen LogP) is 4.83. The summed E-state index contributed by atoms with van der Waals surface area (Å²) in [6.45, 7) is 4.85. The van der Waals surface area contributed by atoms with Gasteiger partial charge < -0.3 is 0 Å². The van der Waals surface area contributed by atoms with E-state index in [0.717, 1.165) is 39.1 Å². The summed E-state index contributed by atoms with van der Waals surface area (Å²) in [4.78, 5) is 12.6. The van der Waals surface area contributed by atoms with Gasteiger partial charge in [0.15, 0.2) is 11.0 Å². The van der Waals surface area contributed by atoms with E-state index in [0.29, 0.717) is 12.5 Å². The maximum Gasteiger partial charge on any atom is 0.308 e. The maximum absolute atomic E-state index is 12.6. The Morgan fingerprint density at radius 1 is 1.04 bits per heavy atom. The highest BCUT2D eigenvalue weighted by Crippen LogP contribution is 2.25. The lowest BCUT2D eigenvalue weighted by atomic mass is 10.2. The van der Waals surface area contributed by atoms with Gasteiger partial charge in [0.2, 0.25) is 0 Å². The van der Waals surface area contributed by atoms with Crippen LogP contribution in [0.4, 0.5) is 0 Å². The minimum Gasteiger partial charge on any atom is -0.291 e. The summed E-state index contributed by atoms with van der Waals surface area (Å²) >= 11 is 2.98. The van der Waals surface area contributed by atoms with Gasteiger partial charge in [0.05, 0.1) is 16.8 Å². The van der Waals surface area contributed by atoms with Crippen molar-refractivity contribution in [1.82, 2.24) is 19.3 Å². The summed E-state index contributed by atoms with van der Waals surface area (Å²) in [6, 6.07) is 18.0. The lowest BCUT2D eigenvalue weighted by Gasteiger charge is -2.11. The summed E-state index contributed by atoms with van der Waals surface area (Å²) in [5.41, 5.74) is 1.95. The summed E-state index contributed by atoms with van der Waals surface area (Å²) in [6.07, 6.45) is 1.12. The Hall–Kier alpha value is -2.38. The highest BCUT2D eigenvalue weighted by Gasteiger charge is 2.17. The highest BCUT2D eigenvalue weighted by molar-refractivity contribution is 7.99. The van der Waals surface area contributed by atoms with Crippen LogP contribution in [0.2, 0.25) is 0 Å². The molecule has 7 heteroatoms. The van der Waals surface area contributed by atoms with Gasteiger partial charge in [-0.15, -0.1) is 10.2 Å². The van der Waals surface area contributed by atoms with Crippen LogP contribution in [0.5, 0.6) is 0 Å². The number of hydrogen-bond donors (Lipinski definition) is 0. The van der Waals surface area contributed by atoms with E-state index >= 15 is 0 Å². The Morgan fingerprint density at radius 2 is 1.79 bits per heavy atom. The van der Waals surface area contributed by atoms with Crippen LogP contribution in [0.1, 0.15) is 26.1 Å². The lowest BCUT2D eigenvalue weighted by molar-refractivity contribution is 0.631. The number of aromatic nitrogens is 4. The average Bonchev–Trinajstić information content (AvgIpc) is 3.23. The van der Waals surface area contributed by atoms with Crippen LogP contribution in [-0.2, 0) is 6.54 Å². The van der Waals surface area contributed by atoms with Gasteiger partial charge in [0.1, 0.15) is 0 Å². The van der Waals surface area contributed by atoms with Gasteiger partial charge in [-0.2, -0.15) is 0 Å². The van der Waals surface area contributed by atoms with Crippen molar-refractivity contribution in [2.45, 2.75) is 32.0 Å². The van der Waals surface area contributed by atoms with Crippen LogP contribution >= 0.6 is 23.1 Å². The van der Waals surface area contributed by atoms with Gasteiger partial charge in [-0.25, -0.2) is 0 Å². The molecule has 4 aromatic rings. The number of rotatable bonds is 7. The molecule has 144 valence electrons. The Balaban J connectivity index is 1.73. The van der Waals surface area contributed by atoms with Crippen molar-refractivity contribution in [1.29, 1.82) is 0 Å². The van der Waals surface area contributed by atoms with Gasteiger partial charge in [-0.05, 0) is 36.6 Å². The Kier molecular flexibility index (Phi) is 5.64. The van der Waals surface area contributed by atoms with Crippen molar-refractivity contribution in [3.05, 3.63) is 70.1 Å². The first-order valence-corrected chi connectivity index (χ1v) is 11.1. The first-order chi connectivity index (χ1) is 13.6. The van der Waals surface area contributed by atoms with Gasteiger partial charge >= 0.3 is 4.87 Å². The van der Waals surface area contributed by atoms with Crippen LogP contribution in [0.15, 0.2) is 64.5 Å². The second-order valence-corrected chi connectivity index (χ2v) is 9.08. The second kappa shape index (κ2) is 8.32. The molecule has 28 heavy (non-hydrogen) atoms. The van der Waals surface area contributed by atoms with E-state index in [-0.39, 0.29) is 4.87 Å². The maximum atomic E-state index is 12.6. The van der Waals surface area contributed by atoms with E-state index < -0.39 is 0 Å². The van der Waals surface area contributed by atoms with Crippen LogP contribution in [0.3, 0.4) is 0 Å². The minimum atomic E-state index is 0.0258. The smallest absolute Gasteiger partial charge is 0.291 e. The summed E-state index contributed by atoms with van der Waals surface area (Å²) in [7, 11) is 0. The molecule has 0 aliphatic carbocycles. The largest absolute Gasteiger partial charge is 0.308 e. The molecule has 0 amide bonds. The number of nitrogens with zero attached hydrogens (tertiary/aromatic N) is 4. The number of thiazole rings is 1. The Bertz CT molecular complexity index is 1130. The molecule has 0 aliphatic rings. The molecule has 5 nitrogen and oxygen atoms in total. The zero-order valence-corrected chi connectivity index (χ0v) is 17.5. The first kappa shape index (κ1) is 19.0. The first-order valence-electron chi connectivity index (χ1n) is 9.34. The van der Waals surface area contributed by atoms with Crippen LogP contribution < -0.4 is 4.87 Å². The number of fused-ring (bicyclic) bond motifs is 1. The summed E-state index contributed by atoms with van der Waals surface area (Å²) < 4.78 is 4.85. The molecule has 0 bridgehead atoms. The van der Waals surface area contributed by atoms with Crippen LogP contribution in [0.25, 0.3) is 15.9 Å². The van der Waals surface area contributed by atoms with Gasteiger partial charge in [-0.1, -0.05) is 67.3 Å². The molecule has 0 radical (unpaired) electrons. The molecule has 0 spiro atoms. The van der Waals surface area contributed by atoms with Crippen molar-refractivity contribution in [2.24, 2.45) is 5.92 Å². The van der Waals surface area contributed by atoms with Crippen LogP contribution in [-0.4, -0.2) is 25.1 Å². The van der Waals surface area contributed by atoms with E-state index in [4.69, 9.17) is 0 Å². The van der Waals surface area contributed by atoms with Crippen LogP contribution in [0, 0.1) is 5.92 Å². The molecule has 0 saturated heterocycles. The van der Waals surface area contributed by atoms with E-state index in [9.17, 15) is 4.79 Å². The number of hydrogen-bond acceptors (Lipinski definition) is 5. The number of benzene rings is 2. The third kappa shape index (κ3) is 3.91. The average molecular weight is 411 g/mol. The quantitative estimate of drug-likeness (QED) is 0.410. The van der Waals surface area contributed by atoms with Crippen molar-refractivity contribution >= 4 is 33.3 Å². The van der Waals surface area contributed by atoms with Crippen molar-refractivity contribution in [2.75, 3.05) is 5.75 Å². The van der Waals surface area contributed by atoms with Gasteiger partial charge in [0.25, 0.3) is 0 Å². The van der Waals surface area contributed by atoms with Crippen molar-refractivity contribution in [3.63, 3.8) is 0 Å². The molecule has 0 unspecified atom stereocenters. The SMILES string of the molecule is CC(C)CCSc1nnc(Cn2c(=O)sc3ccccc32)n1-c1ccccc1. The Morgan fingerprint density at radius 3 is 2.57 bits per heavy atom. The standard InChI is InChI=1S/C21H22N4OS2/c1-15(2)12-13-27-20-23-22-19(25(20)16-8-4-3-5-9-16)14-24-17-10-6-7-11-18(17)28-21(24)26/h3-11,15H,12-14H2,1-2H3. The van der Waals surface area contributed by atoms with E-state index in [1.165, 1.54) is 11.3 Å². The molecular formula is C21H22N4OS2. The molecule has 2 heterocycles. The van der Waals surface area contributed by atoms with E-state index in [1.54, 1.807) is 16.3 Å². The molecule has 2 aromatic carbocycles. The molecule has 0 atom stereocenters. The molecule has 0 N–H and O–H groups in total. The van der Waals surface area contributed by atoms with Gasteiger partial charge in [0, 0.05) is 11.4 Å². The fourth-order valence-corrected chi connectivity index (χ4v) is 5.12. The molecule has 0 fully saturated rings. The fourth-order valence-electron chi connectivity index (χ4n) is 3.02. The molecular weight excluding hydrogens is 388 g/mol. The van der Waals surface area contributed by atoms with Crippen molar-refractivity contribution in [3.8, 4) is 5.69 Å². The number of para-hydroxylation sites is 2. The normalized spacial score (nSPS) is 11.5. The third-order valence-electron chi connectivity index (χ3n) is 4.51. The topological polar surface area (TPSA) is 52.7 Å². The second-order valence-electron chi connectivity index (χ2n) is 7.02. The predicted molar refractivity (Wildman–Crippen MR) is 117 cm³/mol. The third-order valence-corrected chi connectivity index (χ3v) is 6.44. The zero-order valence-electron chi connectivity index (χ0n) is 15.9.